The third-order valence-corrected chi connectivity index (χ3v) is 4.70. The van der Waals surface area contributed by atoms with Gasteiger partial charge in [-0.15, -0.1) is 10.2 Å². The molecule has 0 unspecified atom stereocenters. The van der Waals surface area contributed by atoms with Crippen LogP contribution in [0.25, 0.3) is 5.69 Å². The summed E-state index contributed by atoms with van der Waals surface area (Å²) in [4.78, 5) is 7.00. The van der Waals surface area contributed by atoms with Gasteiger partial charge in [0.25, 0.3) is 0 Å². The van der Waals surface area contributed by atoms with E-state index in [9.17, 15) is 0 Å². The third-order valence-electron chi connectivity index (χ3n) is 4.46. The van der Waals surface area contributed by atoms with Crippen molar-refractivity contribution in [2.24, 2.45) is 4.99 Å². The van der Waals surface area contributed by atoms with Crippen LogP contribution >= 0.6 is 11.6 Å². The van der Waals surface area contributed by atoms with Crippen LogP contribution in [-0.2, 0) is 13.0 Å². The Morgan fingerprint density at radius 2 is 1.88 bits per heavy atom. The van der Waals surface area contributed by atoms with Crippen LogP contribution in [0.1, 0.15) is 22.8 Å². The number of nitrogens with zero attached hydrogens (tertiary/aromatic N) is 5. The quantitative estimate of drug-likeness (QED) is 0.712. The molecule has 0 aliphatic carbocycles. The van der Waals surface area contributed by atoms with Gasteiger partial charge in [0.2, 0.25) is 0 Å². The fourth-order valence-corrected chi connectivity index (χ4v) is 3.36. The molecule has 1 aliphatic rings. The SMILES string of the molecule is CN(C)CCc1nnc2n1-c1ccc(Cl)cc1C(c1ccccc1)=NC2. The Hall–Kier alpha value is -2.50. The standard InChI is InChI=1S/C20H20ClN5/c1-25(2)11-10-18-23-24-19-13-22-20(14-6-4-3-5-7-14)16-12-15(21)8-9-17(16)26(18)19/h3-9,12H,10-11,13H2,1-2H3. The first kappa shape index (κ1) is 16.9. The van der Waals surface area contributed by atoms with Crippen molar-refractivity contribution in [2.75, 3.05) is 20.6 Å². The van der Waals surface area contributed by atoms with E-state index < -0.39 is 0 Å². The summed E-state index contributed by atoms with van der Waals surface area (Å²) in [5, 5.41) is 9.51. The van der Waals surface area contributed by atoms with Crippen LogP contribution in [-0.4, -0.2) is 46.0 Å². The molecular formula is C20H20ClN5. The topological polar surface area (TPSA) is 46.3 Å². The molecular weight excluding hydrogens is 346 g/mol. The lowest BCUT2D eigenvalue weighted by Gasteiger charge is -2.15. The Balaban J connectivity index is 1.87. The second-order valence-corrected chi connectivity index (χ2v) is 7.05. The van der Waals surface area contributed by atoms with Gasteiger partial charge in [0, 0.05) is 29.1 Å². The van der Waals surface area contributed by atoms with E-state index in [-0.39, 0.29) is 0 Å². The smallest absolute Gasteiger partial charge is 0.159 e. The summed E-state index contributed by atoms with van der Waals surface area (Å²) < 4.78 is 2.13. The molecule has 0 bridgehead atoms. The van der Waals surface area contributed by atoms with E-state index in [0.717, 1.165) is 47.1 Å². The van der Waals surface area contributed by atoms with Gasteiger partial charge in [0.15, 0.2) is 5.82 Å². The van der Waals surface area contributed by atoms with Crippen LogP contribution in [0.5, 0.6) is 0 Å². The van der Waals surface area contributed by atoms with E-state index >= 15 is 0 Å². The van der Waals surface area contributed by atoms with Crippen molar-refractivity contribution in [3.63, 3.8) is 0 Å². The van der Waals surface area contributed by atoms with Crippen LogP contribution in [0, 0.1) is 0 Å². The average Bonchev–Trinajstić information content (AvgIpc) is 2.97. The number of hydrogen-bond acceptors (Lipinski definition) is 4. The van der Waals surface area contributed by atoms with Gasteiger partial charge < -0.3 is 4.90 Å². The molecule has 0 saturated heterocycles. The first-order chi connectivity index (χ1) is 12.6. The monoisotopic (exact) mass is 365 g/mol. The van der Waals surface area contributed by atoms with Gasteiger partial charge in [-0.1, -0.05) is 41.9 Å². The highest BCUT2D eigenvalue weighted by atomic mass is 35.5. The Kier molecular flexibility index (Phi) is 4.57. The van der Waals surface area contributed by atoms with Gasteiger partial charge in [0.05, 0.1) is 11.4 Å². The number of rotatable bonds is 4. The molecule has 2 aromatic carbocycles. The van der Waals surface area contributed by atoms with Gasteiger partial charge in [-0.3, -0.25) is 9.56 Å². The first-order valence-electron chi connectivity index (χ1n) is 8.61. The maximum atomic E-state index is 6.32. The highest BCUT2D eigenvalue weighted by Crippen LogP contribution is 2.28. The highest BCUT2D eigenvalue weighted by molar-refractivity contribution is 6.31. The molecule has 6 heteroatoms. The summed E-state index contributed by atoms with van der Waals surface area (Å²) in [5.74, 6) is 1.80. The van der Waals surface area contributed by atoms with Crippen molar-refractivity contribution in [1.29, 1.82) is 0 Å². The number of hydrogen-bond donors (Lipinski definition) is 0. The summed E-state index contributed by atoms with van der Waals surface area (Å²) in [7, 11) is 4.12. The molecule has 1 aliphatic heterocycles. The molecule has 1 aromatic heterocycles. The first-order valence-corrected chi connectivity index (χ1v) is 8.99. The lowest BCUT2D eigenvalue weighted by molar-refractivity contribution is 0.408. The van der Waals surface area contributed by atoms with Crippen LogP contribution in [0.2, 0.25) is 5.02 Å². The Morgan fingerprint density at radius 1 is 1.08 bits per heavy atom. The van der Waals surface area contributed by atoms with Crippen molar-refractivity contribution in [3.8, 4) is 5.69 Å². The number of aliphatic imine (C=N–C) groups is 1. The van der Waals surface area contributed by atoms with Crippen molar-refractivity contribution in [3.05, 3.63) is 76.3 Å². The maximum Gasteiger partial charge on any atom is 0.159 e. The lowest BCUT2D eigenvalue weighted by Crippen LogP contribution is -2.18. The van der Waals surface area contributed by atoms with Crippen LogP contribution in [0.15, 0.2) is 53.5 Å². The maximum absolute atomic E-state index is 6.32. The minimum atomic E-state index is 0.492. The predicted octanol–water partition coefficient (Wildman–Crippen LogP) is 3.38. The molecule has 4 rings (SSSR count). The van der Waals surface area contributed by atoms with Gasteiger partial charge in [-0.25, -0.2) is 0 Å². The van der Waals surface area contributed by atoms with Crippen molar-refractivity contribution < 1.29 is 0 Å². The zero-order valence-corrected chi connectivity index (χ0v) is 15.6. The molecule has 5 nitrogen and oxygen atoms in total. The van der Waals surface area contributed by atoms with Crippen LogP contribution in [0.4, 0.5) is 0 Å². The molecule has 2 heterocycles. The molecule has 3 aromatic rings. The second kappa shape index (κ2) is 7.02. The third kappa shape index (κ3) is 3.16. The van der Waals surface area contributed by atoms with E-state index in [0.29, 0.717) is 11.6 Å². The summed E-state index contributed by atoms with van der Waals surface area (Å²) in [6.07, 6.45) is 0.822. The summed E-state index contributed by atoms with van der Waals surface area (Å²) in [6.45, 7) is 1.40. The van der Waals surface area contributed by atoms with E-state index in [4.69, 9.17) is 16.6 Å². The predicted molar refractivity (Wildman–Crippen MR) is 104 cm³/mol. The van der Waals surface area contributed by atoms with E-state index in [1.165, 1.54) is 0 Å². The molecule has 0 amide bonds. The van der Waals surface area contributed by atoms with Crippen molar-refractivity contribution in [2.45, 2.75) is 13.0 Å². The van der Waals surface area contributed by atoms with Gasteiger partial charge >= 0.3 is 0 Å². The zero-order chi connectivity index (χ0) is 18.1. The molecule has 132 valence electrons. The molecule has 0 radical (unpaired) electrons. The zero-order valence-electron chi connectivity index (χ0n) is 14.9. The number of benzene rings is 2. The highest BCUT2D eigenvalue weighted by Gasteiger charge is 2.23. The minimum Gasteiger partial charge on any atom is -0.309 e. The Bertz CT molecular complexity index is 960. The largest absolute Gasteiger partial charge is 0.309 e. The molecule has 0 saturated carbocycles. The molecule has 0 atom stereocenters. The number of fused-ring (bicyclic) bond motifs is 3. The van der Waals surface area contributed by atoms with Crippen molar-refractivity contribution in [1.82, 2.24) is 19.7 Å². The van der Waals surface area contributed by atoms with Gasteiger partial charge in [0.1, 0.15) is 12.4 Å². The Labute approximate surface area is 158 Å². The number of likely N-dealkylation sites (N-methyl/N-ethyl adjacent to an activating group) is 1. The average molecular weight is 366 g/mol. The minimum absolute atomic E-state index is 0.492. The number of aromatic nitrogens is 3. The summed E-state index contributed by atoms with van der Waals surface area (Å²) >= 11 is 6.32. The van der Waals surface area contributed by atoms with Crippen LogP contribution in [0.3, 0.4) is 0 Å². The van der Waals surface area contributed by atoms with E-state index in [1.807, 2.05) is 36.4 Å². The van der Waals surface area contributed by atoms with Crippen molar-refractivity contribution >= 4 is 17.3 Å². The molecule has 0 N–H and O–H groups in total. The van der Waals surface area contributed by atoms with Gasteiger partial charge in [-0.05, 0) is 32.3 Å². The molecule has 26 heavy (non-hydrogen) atoms. The number of halogens is 1. The summed E-state index contributed by atoms with van der Waals surface area (Å²) in [6, 6.07) is 16.1. The lowest BCUT2D eigenvalue weighted by atomic mass is 10.0. The molecule has 0 spiro atoms. The second-order valence-electron chi connectivity index (χ2n) is 6.61. The normalized spacial score (nSPS) is 13.2. The van der Waals surface area contributed by atoms with E-state index in [1.54, 1.807) is 0 Å². The van der Waals surface area contributed by atoms with Gasteiger partial charge in [-0.2, -0.15) is 0 Å². The fourth-order valence-electron chi connectivity index (χ4n) is 3.19. The fraction of sp³-hybridized carbons (Fsp3) is 0.250. The van der Waals surface area contributed by atoms with Crippen LogP contribution < -0.4 is 0 Å². The molecule has 0 fully saturated rings. The Morgan fingerprint density at radius 3 is 2.65 bits per heavy atom. The summed E-state index contributed by atoms with van der Waals surface area (Å²) in [5.41, 5.74) is 4.05. The van der Waals surface area contributed by atoms with E-state index in [2.05, 4.69) is 45.9 Å².